The average molecular weight is 458 g/mol. The third-order valence-electron chi connectivity index (χ3n) is 4.35. The fraction of sp³-hybridized carbons (Fsp3) is 0.211. The zero-order chi connectivity index (χ0) is 23.1. The van der Waals surface area contributed by atoms with E-state index in [4.69, 9.17) is 16.0 Å². The number of aromatic nitrogens is 3. The number of anilines is 4. The van der Waals surface area contributed by atoms with Gasteiger partial charge in [0.1, 0.15) is 0 Å². The summed E-state index contributed by atoms with van der Waals surface area (Å²) in [4.78, 5) is 13.6. The molecular weight excluding hydrogens is 434 g/mol. The molecule has 0 unspecified atom stereocenters. The zero-order valence-electron chi connectivity index (χ0n) is 17.3. The SMILES string of the molecule is CCN(CCNc1nc(N)nc(N)n1)c1ccc(N=Nc2ccc(S(=O)(=O)O)cc2)cc1. The molecule has 0 aliphatic heterocycles. The molecule has 13 heteroatoms. The molecule has 0 atom stereocenters. The van der Waals surface area contributed by atoms with Gasteiger partial charge in [-0.15, -0.1) is 0 Å². The van der Waals surface area contributed by atoms with E-state index in [-0.39, 0.29) is 16.8 Å². The maximum Gasteiger partial charge on any atom is 0.294 e. The van der Waals surface area contributed by atoms with Gasteiger partial charge >= 0.3 is 0 Å². The van der Waals surface area contributed by atoms with Crippen molar-refractivity contribution < 1.29 is 13.0 Å². The molecule has 2 aromatic carbocycles. The molecule has 0 fully saturated rings. The molecule has 0 aliphatic carbocycles. The van der Waals surface area contributed by atoms with Crippen LogP contribution in [0.2, 0.25) is 0 Å². The van der Waals surface area contributed by atoms with Crippen LogP contribution in [0.3, 0.4) is 0 Å². The highest BCUT2D eigenvalue weighted by Crippen LogP contribution is 2.23. The number of likely N-dealkylation sites (N-methyl/N-ethyl adjacent to an activating group) is 1. The summed E-state index contributed by atoms with van der Waals surface area (Å²) in [6.45, 7) is 4.08. The molecule has 0 aliphatic rings. The molecule has 168 valence electrons. The summed E-state index contributed by atoms with van der Waals surface area (Å²) in [6.07, 6.45) is 0. The van der Waals surface area contributed by atoms with Gasteiger partial charge in [0.25, 0.3) is 10.1 Å². The van der Waals surface area contributed by atoms with Crippen LogP contribution in [0.1, 0.15) is 6.92 Å². The predicted octanol–water partition coefficient (Wildman–Crippen LogP) is 2.64. The molecule has 6 N–H and O–H groups in total. The highest BCUT2D eigenvalue weighted by atomic mass is 32.2. The van der Waals surface area contributed by atoms with Crippen molar-refractivity contribution in [3.05, 3.63) is 48.5 Å². The number of hydrogen-bond donors (Lipinski definition) is 4. The quantitative estimate of drug-likeness (QED) is 0.275. The van der Waals surface area contributed by atoms with Crippen LogP contribution in [-0.2, 0) is 10.1 Å². The number of hydrogen-bond acceptors (Lipinski definition) is 11. The Kier molecular flexibility index (Phi) is 7.12. The molecule has 1 heterocycles. The van der Waals surface area contributed by atoms with Gasteiger partial charge in [0.05, 0.1) is 16.3 Å². The van der Waals surface area contributed by atoms with Crippen molar-refractivity contribution in [3.63, 3.8) is 0 Å². The van der Waals surface area contributed by atoms with Crippen molar-refractivity contribution in [3.8, 4) is 0 Å². The summed E-state index contributed by atoms with van der Waals surface area (Å²) in [7, 11) is -4.23. The number of rotatable bonds is 9. The number of azo groups is 1. The van der Waals surface area contributed by atoms with Crippen LogP contribution < -0.4 is 21.7 Å². The van der Waals surface area contributed by atoms with Crippen LogP contribution >= 0.6 is 0 Å². The van der Waals surface area contributed by atoms with E-state index in [1.165, 1.54) is 24.3 Å². The third-order valence-corrected chi connectivity index (χ3v) is 5.21. The molecule has 12 nitrogen and oxygen atoms in total. The van der Waals surface area contributed by atoms with Crippen molar-refractivity contribution in [1.29, 1.82) is 0 Å². The molecular formula is C19H23N9O3S. The lowest BCUT2D eigenvalue weighted by Crippen LogP contribution is -2.29. The molecule has 0 radical (unpaired) electrons. The van der Waals surface area contributed by atoms with Crippen LogP contribution in [-0.4, -0.2) is 47.6 Å². The Labute approximate surface area is 185 Å². The Morgan fingerprint density at radius 2 is 1.47 bits per heavy atom. The summed E-state index contributed by atoms with van der Waals surface area (Å²) >= 11 is 0. The van der Waals surface area contributed by atoms with E-state index in [0.29, 0.717) is 30.4 Å². The average Bonchev–Trinajstić information content (AvgIpc) is 2.75. The van der Waals surface area contributed by atoms with Crippen molar-refractivity contribution >= 4 is 45.0 Å². The summed E-state index contributed by atoms with van der Waals surface area (Å²) < 4.78 is 31.2. The molecule has 1 aromatic heterocycles. The van der Waals surface area contributed by atoms with Gasteiger partial charge < -0.3 is 21.7 Å². The normalized spacial score (nSPS) is 11.6. The van der Waals surface area contributed by atoms with Crippen LogP contribution in [0, 0.1) is 0 Å². The van der Waals surface area contributed by atoms with Crippen LogP contribution in [0.25, 0.3) is 0 Å². The van der Waals surface area contributed by atoms with E-state index >= 15 is 0 Å². The summed E-state index contributed by atoms with van der Waals surface area (Å²) in [5, 5.41) is 11.3. The lowest BCUT2D eigenvalue weighted by molar-refractivity contribution is 0.483. The fourth-order valence-electron chi connectivity index (χ4n) is 2.79. The fourth-order valence-corrected chi connectivity index (χ4v) is 3.27. The first-order valence-electron chi connectivity index (χ1n) is 9.60. The zero-order valence-corrected chi connectivity index (χ0v) is 18.1. The number of nitrogens with two attached hydrogens (primary N) is 2. The first kappa shape index (κ1) is 22.8. The van der Waals surface area contributed by atoms with Crippen LogP contribution in [0.15, 0.2) is 63.7 Å². The van der Waals surface area contributed by atoms with Crippen molar-refractivity contribution in [2.45, 2.75) is 11.8 Å². The van der Waals surface area contributed by atoms with E-state index in [0.717, 1.165) is 12.2 Å². The second-order valence-electron chi connectivity index (χ2n) is 6.57. The smallest absolute Gasteiger partial charge is 0.294 e. The van der Waals surface area contributed by atoms with Gasteiger partial charge in [-0.2, -0.15) is 33.6 Å². The van der Waals surface area contributed by atoms with E-state index in [1.54, 1.807) is 0 Å². The van der Waals surface area contributed by atoms with Gasteiger partial charge in [-0.05, 0) is 55.5 Å². The Hall–Kier alpha value is -3.84. The van der Waals surface area contributed by atoms with Gasteiger partial charge in [-0.3, -0.25) is 4.55 Å². The lowest BCUT2D eigenvalue weighted by Gasteiger charge is -2.23. The minimum Gasteiger partial charge on any atom is -0.370 e. The predicted molar refractivity (Wildman–Crippen MR) is 122 cm³/mol. The van der Waals surface area contributed by atoms with E-state index in [2.05, 4.69) is 35.4 Å². The first-order valence-corrected chi connectivity index (χ1v) is 11.0. The molecule has 0 spiro atoms. The van der Waals surface area contributed by atoms with Crippen LogP contribution in [0.5, 0.6) is 0 Å². The minimum atomic E-state index is -4.23. The first-order chi connectivity index (χ1) is 15.2. The highest BCUT2D eigenvalue weighted by Gasteiger charge is 2.08. The van der Waals surface area contributed by atoms with Gasteiger partial charge in [-0.1, -0.05) is 0 Å². The van der Waals surface area contributed by atoms with E-state index in [1.807, 2.05) is 31.2 Å². The van der Waals surface area contributed by atoms with E-state index < -0.39 is 10.1 Å². The van der Waals surface area contributed by atoms with Crippen molar-refractivity contribution in [2.24, 2.45) is 10.2 Å². The maximum absolute atomic E-state index is 11.1. The van der Waals surface area contributed by atoms with Gasteiger partial charge in [0, 0.05) is 25.3 Å². The molecule has 0 bridgehead atoms. The Morgan fingerprint density at radius 3 is 1.97 bits per heavy atom. The minimum absolute atomic E-state index is 0.0615. The second-order valence-corrected chi connectivity index (χ2v) is 7.99. The van der Waals surface area contributed by atoms with Crippen molar-refractivity contribution in [2.75, 3.05) is 41.3 Å². The summed E-state index contributed by atoms with van der Waals surface area (Å²) in [5.41, 5.74) is 13.2. The number of nitrogens with one attached hydrogen (secondary N) is 1. The lowest BCUT2D eigenvalue weighted by atomic mass is 10.2. The molecule has 0 saturated carbocycles. The van der Waals surface area contributed by atoms with Gasteiger partial charge in [0.15, 0.2) is 0 Å². The molecule has 0 amide bonds. The summed E-state index contributed by atoms with van der Waals surface area (Å²) in [5.74, 6) is 0.449. The third kappa shape index (κ3) is 6.33. The monoisotopic (exact) mass is 457 g/mol. The molecule has 0 saturated heterocycles. The Balaban J connectivity index is 1.58. The Bertz CT molecular complexity index is 1160. The second kappa shape index (κ2) is 9.98. The highest BCUT2D eigenvalue weighted by molar-refractivity contribution is 7.85. The topological polar surface area (TPSA) is 185 Å². The number of nitrogens with zero attached hydrogens (tertiary/aromatic N) is 6. The standard InChI is InChI=1S/C19H23N9O3S/c1-2-28(12-11-22-19-24-17(20)23-18(21)25-19)15-7-3-13(4-8-15)26-27-14-5-9-16(10-6-14)32(29,30)31/h3-10H,2,11-12H2,1H3,(H,29,30,31)(H5,20,21,22,23,24,25). The molecule has 3 rings (SSSR count). The van der Waals surface area contributed by atoms with Crippen LogP contribution in [0.4, 0.5) is 34.9 Å². The van der Waals surface area contributed by atoms with E-state index in [9.17, 15) is 8.42 Å². The van der Waals surface area contributed by atoms with Gasteiger partial charge in [0.2, 0.25) is 17.8 Å². The molecule has 3 aromatic rings. The largest absolute Gasteiger partial charge is 0.370 e. The number of benzene rings is 2. The Morgan fingerprint density at radius 1 is 0.938 bits per heavy atom. The maximum atomic E-state index is 11.1. The van der Waals surface area contributed by atoms with Crippen molar-refractivity contribution in [1.82, 2.24) is 15.0 Å². The molecule has 32 heavy (non-hydrogen) atoms. The van der Waals surface area contributed by atoms with Gasteiger partial charge in [-0.25, -0.2) is 0 Å². The summed E-state index contributed by atoms with van der Waals surface area (Å²) in [6, 6.07) is 13.0. The number of nitrogen functional groups attached to an aromatic ring is 2.